The molecule has 1 atom stereocenters. The van der Waals surface area contributed by atoms with Crippen molar-refractivity contribution in [3.8, 4) is 0 Å². The predicted octanol–water partition coefficient (Wildman–Crippen LogP) is 0.777. The minimum absolute atomic E-state index is 0.0373. The van der Waals surface area contributed by atoms with Gasteiger partial charge in [-0.2, -0.15) is 0 Å². The van der Waals surface area contributed by atoms with Crippen LogP contribution >= 0.6 is 23.2 Å². The summed E-state index contributed by atoms with van der Waals surface area (Å²) in [6, 6.07) is 0.895. The average Bonchev–Trinajstić information content (AvgIpc) is 2.20. The molecule has 0 spiro atoms. The van der Waals surface area contributed by atoms with Crippen molar-refractivity contribution in [3.63, 3.8) is 0 Å². The molecule has 17 heavy (non-hydrogen) atoms. The third-order valence-electron chi connectivity index (χ3n) is 1.85. The van der Waals surface area contributed by atoms with Crippen molar-refractivity contribution in [3.05, 3.63) is 21.9 Å². The quantitative estimate of drug-likeness (QED) is 0.849. The van der Waals surface area contributed by atoms with Crippen LogP contribution in [0.4, 0.5) is 0 Å². The fourth-order valence-electron chi connectivity index (χ4n) is 1.17. The second-order valence-electron chi connectivity index (χ2n) is 3.42. The van der Waals surface area contributed by atoms with Crippen molar-refractivity contribution in [1.82, 2.24) is 15.5 Å². The Labute approximate surface area is 107 Å². The molecule has 1 rings (SSSR count). The van der Waals surface area contributed by atoms with Crippen molar-refractivity contribution in [1.29, 1.82) is 0 Å². The zero-order chi connectivity index (χ0) is 13.0. The van der Waals surface area contributed by atoms with E-state index in [1.54, 1.807) is 6.92 Å². The third kappa shape index (κ3) is 4.16. The Morgan fingerprint density at radius 1 is 1.47 bits per heavy atom. The molecule has 0 aliphatic heterocycles. The van der Waals surface area contributed by atoms with Crippen molar-refractivity contribution in [2.75, 3.05) is 0 Å². The zero-order valence-corrected chi connectivity index (χ0v) is 10.4. The highest BCUT2D eigenvalue weighted by Gasteiger charge is 2.16. The van der Waals surface area contributed by atoms with Gasteiger partial charge in [0.15, 0.2) is 10.3 Å². The van der Waals surface area contributed by atoms with E-state index in [4.69, 9.17) is 28.9 Å². The normalized spacial score (nSPS) is 11.9. The van der Waals surface area contributed by atoms with Gasteiger partial charge in [-0.3, -0.25) is 9.59 Å². The van der Waals surface area contributed by atoms with Gasteiger partial charge < -0.3 is 11.1 Å². The van der Waals surface area contributed by atoms with Crippen LogP contribution in [0.1, 0.15) is 23.7 Å². The van der Waals surface area contributed by atoms with Crippen LogP contribution in [0.15, 0.2) is 6.07 Å². The van der Waals surface area contributed by atoms with Gasteiger partial charge in [-0.25, -0.2) is 0 Å². The number of carbonyl (C=O) groups is 2. The van der Waals surface area contributed by atoms with Crippen LogP contribution < -0.4 is 11.1 Å². The Bertz CT molecular complexity index is 453. The van der Waals surface area contributed by atoms with E-state index >= 15 is 0 Å². The van der Waals surface area contributed by atoms with Gasteiger partial charge in [0, 0.05) is 12.5 Å². The second-order valence-corrected chi connectivity index (χ2v) is 4.16. The van der Waals surface area contributed by atoms with Crippen molar-refractivity contribution in [2.45, 2.75) is 19.4 Å². The topological polar surface area (TPSA) is 98.0 Å². The lowest BCUT2D eigenvalue weighted by Crippen LogP contribution is -2.36. The van der Waals surface area contributed by atoms with Gasteiger partial charge in [-0.1, -0.05) is 23.2 Å². The first kappa shape index (κ1) is 13.7. The largest absolute Gasteiger partial charge is 0.370 e. The van der Waals surface area contributed by atoms with Crippen LogP contribution in [0, 0.1) is 0 Å². The van der Waals surface area contributed by atoms with Gasteiger partial charge in [0.1, 0.15) is 0 Å². The summed E-state index contributed by atoms with van der Waals surface area (Å²) in [5.41, 5.74) is 5.10. The van der Waals surface area contributed by atoms with E-state index < -0.39 is 17.9 Å². The molecule has 8 heteroatoms. The predicted molar refractivity (Wildman–Crippen MR) is 62.8 cm³/mol. The van der Waals surface area contributed by atoms with Crippen molar-refractivity contribution >= 4 is 35.0 Å². The molecule has 0 fully saturated rings. The number of nitrogens with zero attached hydrogens (tertiary/aromatic N) is 2. The minimum Gasteiger partial charge on any atom is -0.370 e. The number of halogens is 2. The smallest absolute Gasteiger partial charge is 0.254 e. The molecule has 1 aromatic rings. The van der Waals surface area contributed by atoms with Crippen LogP contribution in [0.3, 0.4) is 0 Å². The van der Waals surface area contributed by atoms with Gasteiger partial charge in [0.2, 0.25) is 5.91 Å². The highest BCUT2D eigenvalue weighted by Crippen LogP contribution is 2.15. The summed E-state index contributed by atoms with van der Waals surface area (Å²) in [5, 5.41) is 9.52. The fraction of sp³-hybridized carbons (Fsp3) is 0.333. The maximum Gasteiger partial charge on any atom is 0.254 e. The lowest BCUT2D eigenvalue weighted by atomic mass is 10.2. The van der Waals surface area contributed by atoms with Gasteiger partial charge >= 0.3 is 0 Å². The Kier molecular flexibility index (Phi) is 4.65. The van der Waals surface area contributed by atoms with E-state index in [-0.39, 0.29) is 22.3 Å². The van der Waals surface area contributed by atoms with Gasteiger partial charge in [-0.05, 0) is 13.0 Å². The number of carbonyl (C=O) groups excluding carboxylic acids is 2. The molecule has 92 valence electrons. The molecule has 6 nitrogen and oxygen atoms in total. The lowest BCUT2D eigenvalue weighted by molar-refractivity contribution is -0.118. The fourth-order valence-corrected chi connectivity index (χ4v) is 1.49. The molecule has 0 bridgehead atoms. The highest BCUT2D eigenvalue weighted by atomic mass is 35.5. The van der Waals surface area contributed by atoms with E-state index in [0.717, 1.165) is 0 Å². The van der Waals surface area contributed by atoms with Crippen LogP contribution in [-0.4, -0.2) is 28.1 Å². The summed E-state index contributed by atoms with van der Waals surface area (Å²) in [4.78, 5) is 22.4. The summed E-state index contributed by atoms with van der Waals surface area (Å²) in [6.45, 7) is 1.65. The van der Waals surface area contributed by atoms with Crippen LogP contribution in [-0.2, 0) is 4.79 Å². The molecular weight excluding hydrogens is 267 g/mol. The Morgan fingerprint density at radius 2 is 2.12 bits per heavy atom. The number of hydrogen-bond donors (Lipinski definition) is 2. The van der Waals surface area contributed by atoms with Crippen LogP contribution in [0.25, 0.3) is 0 Å². The number of hydrogen-bond acceptors (Lipinski definition) is 4. The summed E-state index contributed by atoms with van der Waals surface area (Å²) in [7, 11) is 0. The van der Waals surface area contributed by atoms with Crippen LogP contribution in [0.5, 0.6) is 0 Å². The molecular formula is C9H10Cl2N4O2. The van der Waals surface area contributed by atoms with E-state index in [1.165, 1.54) is 6.07 Å². The molecule has 1 heterocycles. The minimum atomic E-state index is -0.505. The average molecular weight is 277 g/mol. The van der Waals surface area contributed by atoms with Crippen molar-refractivity contribution in [2.24, 2.45) is 5.73 Å². The zero-order valence-electron chi connectivity index (χ0n) is 8.91. The standard InChI is InChI=1S/C9H10Cl2N4O2/c1-4(2-7(12)16)13-9(17)5-3-6(10)14-15-8(5)11/h3-4H,2H2,1H3,(H2,12,16)(H,13,17). The Hall–Kier alpha value is -1.40. The number of rotatable bonds is 4. The summed E-state index contributed by atoms with van der Waals surface area (Å²) >= 11 is 11.3. The summed E-state index contributed by atoms with van der Waals surface area (Å²) in [6.07, 6.45) is 0.0373. The molecule has 1 unspecified atom stereocenters. The maximum absolute atomic E-state index is 11.7. The molecule has 0 aromatic carbocycles. The van der Waals surface area contributed by atoms with Gasteiger partial charge in [0.25, 0.3) is 5.91 Å². The number of aromatic nitrogens is 2. The summed E-state index contributed by atoms with van der Waals surface area (Å²) in [5.74, 6) is -0.990. The van der Waals surface area contributed by atoms with Gasteiger partial charge in [-0.15, -0.1) is 10.2 Å². The molecule has 0 radical (unpaired) electrons. The van der Waals surface area contributed by atoms with E-state index in [0.29, 0.717) is 0 Å². The molecule has 3 N–H and O–H groups in total. The first-order chi connectivity index (χ1) is 7.90. The number of amides is 2. The second kappa shape index (κ2) is 5.79. The molecule has 0 saturated carbocycles. The molecule has 0 aliphatic carbocycles. The van der Waals surface area contributed by atoms with Crippen molar-refractivity contribution < 1.29 is 9.59 Å². The SMILES string of the molecule is CC(CC(N)=O)NC(=O)c1cc(Cl)nnc1Cl. The van der Waals surface area contributed by atoms with Gasteiger partial charge in [0.05, 0.1) is 5.56 Å². The number of nitrogens with two attached hydrogens (primary N) is 1. The summed E-state index contributed by atoms with van der Waals surface area (Å²) < 4.78 is 0. The maximum atomic E-state index is 11.7. The first-order valence-corrected chi connectivity index (χ1v) is 5.43. The molecule has 0 saturated heterocycles. The number of nitrogens with one attached hydrogen (secondary N) is 1. The van der Waals surface area contributed by atoms with E-state index in [2.05, 4.69) is 15.5 Å². The molecule has 0 aliphatic rings. The number of primary amides is 1. The molecule has 1 aromatic heterocycles. The lowest BCUT2D eigenvalue weighted by Gasteiger charge is -2.12. The monoisotopic (exact) mass is 276 g/mol. The van der Waals surface area contributed by atoms with E-state index in [9.17, 15) is 9.59 Å². The van der Waals surface area contributed by atoms with Crippen LogP contribution in [0.2, 0.25) is 10.3 Å². The molecule has 2 amide bonds. The first-order valence-electron chi connectivity index (χ1n) is 4.68. The highest BCUT2D eigenvalue weighted by molar-refractivity contribution is 6.34. The Morgan fingerprint density at radius 3 is 2.71 bits per heavy atom. The third-order valence-corrected chi connectivity index (χ3v) is 2.31. The Balaban J connectivity index is 2.76. The van der Waals surface area contributed by atoms with E-state index in [1.807, 2.05) is 0 Å².